The molecule has 0 aliphatic carbocycles. The van der Waals surface area contributed by atoms with Crippen molar-refractivity contribution in [3.8, 4) is 0 Å². The standard InChI is InChI=1S/C18H13ClF5NO3/c19-14-4-2-1-3-13(14)17(27)25-6-5-15(26)28-16(18(22,23)24)10-7-11(20)9-12(21)8-10/h1-4,7-9,16H,5-6H2,(H,25,27). The van der Waals surface area contributed by atoms with E-state index >= 15 is 0 Å². The smallest absolute Gasteiger partial charge is 0.429 e. The molecule has 0 heterocycles. The van der Waals surface area contributed by atoms with Gasteiger partial charge in [-0.2, -0.15) is 13.2 Å². The van der Waals surface area contributed by atoms with Gasteiger partial charge in [-0.25, -0.2) is 8.78 Å². The fraction of sp³-hybridized carbons (Fsp3) is 0.222. The van der Waals surface area contributed by atoms with E-state index in [0.717, 1.165) is 0 Å². The van der Waals surface area contributed by atoms with Crippen molar-refractivity contribution in [3.05, 3.63) is 70.2 Å². The molecule has 0 aliphatic rings. The van der Waals surface area contributed by atoms with Gasteiger partial charge in [-0.3, -0.25) is 9.59 Å². The van der Waals surface area contributed by atoms with Crippen molar-refractivity contribution in [1.29, 1.82) is 0 Å². The van der Waals surface area contributed by atoms with Crippen molar-refractivity contribution in [3.63, 3.8) is 0 Å². The first kappa shape index (κ1) is 21.6. The van der Waals surface area contributed by atoms with Crippen molar-refractivity contribution in [2.75, 3.05) is 6.54 Å². The largest absolute Gasteiger partial charge is 0.448 e. The molecule has 2 aromatic carbocycles. The molecule has 0 saturated heterocycles. The number of carbonyl (C=O) groups is 2. The number of halogens is 6. The molecule has 0 spiro atoms. The molecule has 2 aromatic rings. The lowest BCUT2D eigenvalue weighted by Crippen LogP contribution is -2.30. The van der Waals surface area contributed by atoms with E-state index in [2.05, 4.69) is 10.1 Å². The first-order chi connectivity index (χ1) is 13.1. The lowest BCUT2D eigenvalue weighted by Gasteiger charge is -2.21. The minimum atomic E-state index is -5.09. The number of amides is 1. The Morgan fingerprint density at radius 2 is 1.68 bits per heavy atom. The molecule has 28 heavy (non-hydrogen) atoms. The highest BCUT2D eigenvalue weighted by Crippen LogP contribution is 2.36. The van der Waals surface area contributed by atoms with E-state index in [-0.39, 0.29) is 17.1 Å². The average Bonchev–Trinajstić information content (AvgIpc) is 2.58. The topological polar surface area (TPSA) is 55.4 Å². The normalized spacial score (nSPS) is 12.4. The van der Waals surface area contributed by atoms with Gasteiger partial charge >= 0.3 is 12.1 Å². The minimum Gasteiger partial charge on any atom is -0.448 e. The van der Waals surface area contributed by atoms with E-state index in [1.54, 1.807) is 12.1 Å². The summed E-state index contributed by atoms with van der Waals surface area (Å²) < 4.78 is 70.2. The van der Waals surface area contributed by atoms with Crippen LogP contribution in [0.5, 0.6) is 0 Å². The molecule has 0 aromatic heterocycles. The molecule has 0 bridgehead atoms. The summed E-state index contributed by atoms with van der Waals surface area (Å²) in [6.07, 6.45) is -8.53. The Balaban J connectivity index is 1.99. The van der Waals surface area contributed by atoms with E-state index < -0.39 is 47.8 Å². The fourth-order valence-corrected chi connectivity index (χ4v) is 2.48. The molecule has 1 unspecified atom stereocenters. The number of alkyl halides is 3. The van der Waals surface area contributed by atoms with Crippen LogP contribution in [-0.2, 0) is 9.53 Å². The molecule has 0 aliphatic heterocycles. The maximum absolute atomic E-state index is 13.2. The lowest BCUT2D eigenvalue weighted by molar-refractivity contribution is -0.224. The number of hydrogen-bond donors (Lipinski definition) is 1. The molecule has 1 amide bonds. The molecule has 1 atom stereocenters. The Kier molecular flexibility index (Phi) is 6.95. The van der Waals surface area contributed by atoms with E-state index in [4.69, 9.17) is 11.6 Å². The van der Waals surface area contributed by atoms with Crippen LogP contribution in [0.25, 0.3) is 0 Å². The van der Waals surface area contributed by atoms with Crippen LogP contribution < -0.4 is 5.32 Å². The Hall–Kier alpha value is -2.68. The summed E-state index contributed by atoms with van der Waals surface area (Å²) in [5.74, 6) is -4.43. The highest BCUT2D eigenvalue weighted by Gasteiger charge is 2.44. The van der Waals surface area contributed by atoms with Crippen molar-refractivity contribution >= 4 is 23.5 Å². The number of benzene rings is 2. The highest BCUT2D eigenvalue weighted by molar-refractivity contribution is 6.33. The quantitative estimate of drug-likeness (QED) is 0.548. The zero-order chi connectivity index (χ0) is 20.9. The molecule has 10 heteroatoms. The summed E-state index contributed by atoms with van der Waals surface area (Å²) in [5.41, 5.74) is -0.764. The van der Waals surface area contributed by atoms with E-state index in [9.17, 15) is 31.5 Å². The number of ether oxygens (including phenoxy) is 1. The zero-order valence-electron chi connectivity index (χ0n) is 14.0. The molecule has 0 saturated carbocycles. The zero-order valence-corrected chi connectivity index (χ0v) is 14.8. The number of nitrogens with one attached hydrogen (secondary N) is 1. The summed E-state index contributed by atoms with van der Waals surface area (Å²) in [6, 6.07) is 7.29. The van der Waals surface area contributed by atoms with Gasteiger partial charge in [-0.15, -0.1) is 0 Å². The predicted molar refractivity (Wildman–Crippen MR) is 89.6 cm³/mol. The lowest BCUT2D eigenvalue weighted by atomic mass is 10.1. The highest BCUT2D eigenvalue weighted by atomic mass is 35.5. The van der Waals surface area contributed by atoms with E-state index in [1.165, 1.54) is 12.1 Å². The Bertz CT molecular complexity index is 852. The summed E-state index contributed by atoms with van der Waals surface area (Å²) in [4.78, 5) is 23.7. The molecule has 4 nitrogen and oxygen atoms in total. The molecule has 1 N–H and O–H groups in total. The van der Waals surface area contributed by atoms with Crippen LogP contribution in [0.4, 0.5) is 22.0 Å². The van der Waals surface area contributed by atoms with Crippen molar-refractivity contribution in [2.24, 2.45) is 0 Å². The van der Waals surface area contributed by atoms with E-state index in [1.807, 2.05) is 0 Å². The van der Waals surface area contributed by atoms with Gasteiger partial charge in [0.2, 0.25) is 6.10 Å². The van der Waals surface area contributed by atoms with Gasteiger partial charge in [0, 0.05) is 18.2 Å². The third-order valence-corrected chi connectivity index (χ3v) is 3.80. The third-order valence-electron chi connectivity index (χ3n) is 3.47. The Morgan fingerprint density at radius 1 is 1.07 bits per heavy atom. The third kappa shape index (κ3) is 5.91. The molecular weight excluding hydrogens is 409 g/mol. The minimum absolute atomic E-state index is 0.126. The van der Waals surface area contributed by atoms with Gasteiger partial charge in [0.05, 0.1) is 17.0 Å². The van der Waals surface area contributed by atoms with Gasteiger partial charge in [0.1, 0.15) is 11.6 Å². The van der Waals surface area contributed by atoms with Crippen LogP contribution in [0.3, 0.4) is 0 Å². The maximum Gasteiger partial charge on any atom is 0.429 e. The van der Waals surface area contributed by atoms with Crippen LogP contribution in [0, 0.1) is 11.6 Å². The van der Waals surface area contributed by atoms with Gasteiger partial charge in [0.25, 0.3) is 5.91 Å². The summed E-state index contributed by atoms with van der Waals surface area (Å²) in [5, 5.41) is 2.48. The summed E-state index contributed by atoms with van der Waals surface area (Å²) in [6.45, 7) is -0.328. The second-order valence-corrected chi connectivity index (χ2v) is 6.01. The first-order valence-electron chi connectivity index (χ1n) is 7.83. The second kappa shape index (κ2) is 9.01. The molecular formula is C18H13ClF5NO3. The summed E-state index contributed by atoms with van der Waals surface area (Å²) in [7, 11) is 0. The Labute approximate surface area is 161 Å². The maximum atomic E-state index is 13.2. The average molecular weight is 422 g/mol. The number of hydrogen-bond acceptors (Lipinski definition) is 3. The van der Waals surface area contributed by atoms with Crippen molar-refractivity contribution in [1.82, 2.24) is 5.32 Å². The second-order valence-electron chi connectivity index (χ2n) is 5.60. The van der Waals surface area contributed by atoms with Gasteiger partial charge in [-0.1, -0.05) is 23.7 Å². The SMILES string of the molecule is O=C(CCNC(=O)c1ccccc1Cl)OC(c1cc(F)cc(F)c1)C(F)(F)F. The van der Waals surface area contributed by atoms with Crippen LogP contribution in [0.1, 0.15) is 28.4 Å². The number of rotatable bonds is 6. The molecule has 0 radical (unpaired) electrons. The van der Waals surface area contributed by atoms with E-state index in [0.29, 0.717) is 18.2 Å². The van der Waals surface area contributed by atoms with Gasteiger partial charge in [-0.05, 0) is 24.3 Å². The van der Waals surface area contributed by atoms with Crippen molar-refractivity contribution in [2.45, 2.75) is 18.7 Å². The number of carbonyl (C=O) groups excluding carboxylic acids is 2. The van der Waals surface area contributed by atoms with Crippen molar-refractivity contribution < 1.29 is 36.3 Å². The van der Waals surface area contributed by atoms with Crippen LogP contribution in [0.15, 0.2) is 42.5 Å². The molecule has 0 fully saturated rings. The summed E-state index contributed by atoms with van der Waals surface area (Å²) >= 11 is 5.83. The predicted octanol–water partition coefficient (Wildman–Crippen LogP) is 4.58. The van der Waals surface area contributed by atoms with Crippen LogP contribution in [-0.4, -0.2) is 24.6 Å². The number of esters is 1. The molecule has 2 rings (SSSR count). The Morgan fingerprint density at radius 3 is 2.25 bits per heavy atom. The first-order valence-corrected chi connectivity index (χ1v) is 8.20. The van der Waals surface area contributed by atoms with Crippen LogP contribution >= 0.6 is 11.6 Å². The van der Waals surface area contributed by atoms with Gasteiger partial charge < -0.3 is 10.1 Å². The molecule has 150 valence electrons. The fourth-order valence-electron chi connectivity index (χ4n) is 2.26. The van der Waals surface area contributed by atoms with Crippen LogP contribution in [0.2, 0.25) is 5.02 Å². The van der Waals surface area contributed by atoms with Gasteiger partial charge in [0.15, 0.2) is 0 Å². The monoisotopic (exact) mass is 421 g/mol.